The van der Waals surface area contributed by atoms with E-state index >= 15 is 0 Å². The molecule has 0 radical (unpaired) electrons. The number of benzene rings is 1. The summed E-state index contributed by atoms with van der Waals surface area (Å²) in [6, 6.07) is 9.46. The monoisotopic (exact) mass is 269 g/mol. The van der Waals surface area contributed by atoms with Crippen LogP contribution in [0.2, 0.25) is 0 Å². The molecule has 1 heterocycles. The van der Waals surface area contributed by atoms with Crippen molar-refractivity contribution >= 4 is 11.6 Å². The molecule has 0 spiro atoms. The number of anilines is 2. The predicted octanol–water partition coefficient (Wildman–Crippen LogP) is 2.01. The van der Waals surface area contributed by atoms with Crippen molar-refractivity contribution in [2.75, 3.05) is 24.8 Å². The summed E-state index contributed by atoms with van der Waals surface area (Å²) in [6.07, 6.45) is 1.47. The van der Waals surface area contributed by atoms with Crippen LogP contribution in [0.1, 0.15) is 11.1 Å². The Morgan fingerprint density at radius 1 is 1.20 bits per heavy atom. The van der Waals surface area contributed by atoms with E-state index in [1.807, 2.05) is 12.1 Å². The third-order valence-corrected chi connectivity index (χ3v) is 2.79. The fourth-order valence-electron chi connectivity index (χ4n) is 1.75. The van der Waals surface area contributed by atoms with E-state index in [0.717, 1.165) is 5.56 Å². The number of hydrogen-bond acceptors (Lipinski definition) is 6. The van der Waals surface area contributed by atoms with E-state index in [2.05, 4.69) is 26.7 Å². The van der Waals surface area contributed by atoms with Gasteiger partial charge in [-0.2, -0.15) is 5.26 Å². The molecule has 0 fully saturated rings. The van der Waals surface area contributed by atoms with Crippen molar-refractivity contribution < 1.29 is 4.74 Å². The van der Waals surface area contributed by atoms with Gasteiger partial charge in [0, 0.05) is 13.6 Å². The molecule has 0 saturated heterocycles. The van der Waals surface area contributed by atoms with Crippen LogP contribution >= 0.6 is 0 Å². The number of aromatic nitrogens is 2. The predicted molar refractivity (Wildman–Crippen MR) is 76.6 cm³/mol. The lowest BCUT2D eigenvalue weighted by Gasteiger charge is -2.12. The van der Waals surface area contributed by atoms with Crippen LogP contribution < -0.4 is 15.4 Å². The maximum atomic E-state index is 8.76. The topological polar surface area (TPSA) is 82.9 Å². The molecule has 2 N–H and O–H groups in total. The summed E-state index contributed by atoms with van der Waals surface area (Å²) in [5.41, 5.74) is 1.70. The van der Waals surface area contributed by atoms with Gasteiger partial charge in [-0.3, -0.25) is 0 Å². The Kier molecular flexibility index (Phi) is 4.35. The summed E-state index contributed by atoms with van der Waals surface area (Å²) >= 11 is 0. The Morgan fingerprint density at radius 2 is 1.90 bits per heavy atom. The molecule has 0 amide bonds. The minimum atomic E-state index is 0.573. The van der Waals surface area contributed by atoms with Crippen molar-refractivity contribution in [3.63, 3.8) is 0 Å². The number of hydrogen-bond donors (Lipinski definition) is 2. The van der Waals surface area contributed by atoms with Crippen molar-refractivity contribution in [3.8, 4) is 11.8 Å². The molecule has 0 saturated carbocycles. The summed E-state index contributed by atoms with van der Waals surface area (Å²) in [6.45, 7) is 0.586. The van der Waals surface area contributed by atoms with E-state index in [1.54, 1.807) is 26.3 Å². The van der Waals surface area contributed by atoms with Gasteiger partial charge in [0.2, 0.25) is 5.75 Å². The zero-order chi connectivity index (χ0) is 14.4. The molecule has 2 aromatic rings. The van der Waals surface area contributed by atoms with Gasteiger partial charge >= 0.3 is 0 Å². The summed E-state index contributed by atoms with van der Waals surface area (Å²) in [4.78, 5) is 8.25. The van der Waals surface area contributed by atoms with Crippen molar-refractivity contribution in [2.24, 2.45) is 0 Å². The standard InChI is InChI=1S/C14H15N5O/c1-16-13-12(20-2)14(19-9-18-13)17-8-11-5-3-10(7-15)4-6-11/h3-6,9H,8H2,1-2H3,(H2,16,17,18,19). The van der Waals surface area contributed by atoms with Crippen LogP contribution in [0.25, 0.3) is 0 Å². The summed E-state index contributed by atoms with van der Waals surface area (Å²) in [5, 5.41) is 14.9. The SMILES string of the molecule is CNc1ncnc(NCc2ccc(C#N)cc2)c1OC. The molecule has 0 aliphatic carbocycles. The van der Waals surface area contributed by atoms with Gasteiger partial charge in [0.1, 0.15) is 6.33 Å². The highest BCUT2D eigenvalue weighted by Gasteiger charge is 2.10. The Bertz CT molecular complexity index is 618. The average Bonchev–Trinajstić information content (AvgIpc) is 2.52. The lowest BCUT2D eigenvalue weighted by atomic mass is 10.1. The molecule has 0 atom stereocenters. The third kappa shape index (κ3) is 2.95. The highest BCUT2D eigenvalue weighted by Crippen LogP contribution is 2.28. The third-order valence-electron chi connectivity index (χ3n) is 2.79. The molecule has 2 rings (SSSR count). The smallest absolute Gasteiger partial charge is 0.204 e. The molecular formula is C14H15N5O. The van der Waals surface area contributed by atoms with Crippen LogP contribution in [0.15, 0.2) is 30.6 Å². The number of rotatable bonds is 5. The van der Waals surface area contributed by atoms with E-state index in [1.165, 1.54) is 6.33 Å². The van der Waals surface area contributed by atoms with E-state index in [4.69, 9.17) is 10.00 Å². The van der Waals surface area contributed by atoms with Crippen LogP contribution in [-0.4, -0.2) is 24.1 Å². The largest absolute Gasteiger partial charge is 0.490 e. The summed E-state index contributed by atoms with van der Waals surface area (Å²) < 4.78 is 5.30. The molecule has 0 unspecified atom stereocenters. The molecule has 20 heavy (non-hydrogen) atoms. The van der Waals surface area contributed by atoms with Crippen molar-refractivity contribution in [3.05, 3.63) is 41.7 Å². The lowest BCUT2D eigenvalue weighted by Crippen LogP contribution is -2.06. The first-order valence-electron chi connectivity index (χ1n) is 6.08. The van der Waals surface area contributed by atoms with Crippen molar-refractivity contribution in [1.82, 2.24) is 9.97 Å². The fourth-order valence-corrected chi connectivity index (χ4v) is 1.75. The lowest BCUT2D eigenvalue weighted by molar-refractivity contribution is 0.415. The zero-order valence-corrected chi connectivity index (χ0v) is 11.3. The molecule has 1 aromatic heterocycles. The normalized spacial score (nSPS) is 9.65. The van der Waals surface area contributed by atoms with Crippen LogP contribution in [0.5, 0.6) is 5.75 Å². The van der Waals surface area contributed by atoms with Crippen LogP contribution in [0.3, 0.4) is 0 Å². The second kappa shape index (κ2) is 6.38. The van der Waals surface area contributed by atoms with Gasteiger partial charge in [-0.25, -0.2) is 9.97 Å². The first-order valence-corrected chi connectivity index (χ1v) is 6.08. The van der Waals surface area contributed by atoms with E-state index in [-0.39, 0.29) is 0 Å². The second-order valence-electron chi connectivity index (χ2n) is 4.02. The van der Waals surface area contributed by atoms with Gasteiger partial charge in [0.15, 0.2) is 11.6 Å². The van der Waals surface area contributed by atoms with Crippen LogP contribution in [0.4, 0.5) is 11.6 Å². The maximum absolute atomic E-state index is 8.76. The summed E-state index contributed by atoms with van der Waals surface area (Å²) in [7, 11) is 3.35. The van der Waals surface area contributed by atoms with Gasteiger partial charge in [0.25, 0.3) is 0 Å². The molecule has 1 aromatic carbocycles. The quantitative estimate of drug-likeness (QED) is 0.864. The molecule has 0 aliphatic rings. The molecule has 6 nitrogen and oxygen atoms in total. The van der Waals surface area contributed by atoms with Crippen LogP contribution in [0, 0.1) is 11.3 Å². The molecule has 0 bridgehead atoms. The second-order valence-corrected chi connectivity index (χ2v) is 4.02. The van der Waals surface area contributed by atoms with E-state index < -0.39 is 0 Å². The highest BCUT2D eigenvalue weighted by molar-refractivity contribution is 5.63. The first-order chi connectivity index (χ1) is 9.78. The van der Waals surface area contributed by atoms with E-state index in [0.29, 0.717) is 29.5 Å². The number of nitrogens with one attached hydrogen (secondary N) is 2. The van der Waals surface area contributed by atoms with Gasteiger partial charge in [-0.05, 0) is 17.7 Å². The molecular weight excluding hydrogens is 254 g/mol. The van der Waals surface area contributed by atoms with E-state index in [9.17, 15) is 0 Å². The molecule has 0 aliphatic heterocycles. The van der Waals surface area contributed by atoms with Gasteiger partial charge in [-0.15, -0.1) is 0 Å². The van der Waals surface area contributed by atoms with Crippen molar-refractivity contribution in [2.45, 2.75) is 6.54 Å². The van der Waals surface area contributed by atoms with Gasteiger partial charge < -0.3 is 15.4 Å². The number of nitrogens with zero attached hydrogens (tertiary/aromatic N) is 3. The Labute approximate surface area is 117 Å². The van der Waals surface area contributed by atoms with Crippen molar-refractivity contribution in [1.29, 1.82) is 5.26 Å². The Balaban J connectivity index is 2.12. The zero-order valence-electron chi connectivity index (χ0n) is 11.3. The van der Waals surface area contributed by atoms with Gasteiger partial charge in [0.05, 0.1) is 18.7 Å². The minimum Gasteiger partial charge on any atom is -0.490 e. The first kappa shape index (κ1) is 13.6. The van der Waals surface area contributed by atoms with Gasteiger partial charge in [-0.1, -0.05) is 12.1 Å². The number of nitriles is 1. The number of ether oxygens (including phenoxy) is 1. The Hall–Kier alpha value is -2.81. The van der Waals surface area contributed by atoms with Crippen LogP contribution in [-0.2, 0) is 6.54 Å². The molecule has 102 valence electrons. The minimum absolute atomic E-state index is 0.573. The maximum Gasteiger partial charge on any atom is 0.204 e. The fraction of sp³-hybridized carbons (Fsp3) is 0.214. The number of methoxy groups -OCH3 is 1. The average molecular weight is 269 g/mol. The summed E-state index contributed by atoms with van der Waals surface area (Å²) in [5.74, 6) is 1.82. The highest BCUT2D eigenvalue weighted by atomic mass is 16.5. The Morgan fingerprint density at radius 3 is 2.50 bits per heavy atom. The molecule has 6 heteroatoms.